The Bertz CT molecular complexity index is 681. The molecule has 168 valence electrons. The fourth-order valence-corrected chi connectivity index (χ4v) is 4.27. The zero-order valence-corrected chi connectivity index (χ0v) is 17.9. The number of benzene rings is 1. The van der Waals surface area contributed by atoms with Crippen LogP contribution in [0.3, 0.4) is 0 Å². The first-order valence-corrected chi connectivity index (χ1v) is 10.8. The standard InChI is InChI=1S/C22H33F3N4O/c1-3-26-20(29-13-11-28(12-14-29)18(2)22(23,24)25)27-17-21(9-15-30-16-10-21)19-7-5-4-6-8-19/h4-8,18H,3,9-17H2,1-2H3,(H,26,27). The molecule has 0 bridgehead atoms. The maximum Gasteiger partial charge on any atom is 0.403 e. The van der Waals surface area contributed by atoms with Gasteiger partial charge in [0.1, 0.15) is 6.04 Å². The zero-order valence-electron chi connectivity index (χ0n) is 17.9. The molecular formula is C22H33F3N4O. The maximum absolute atomic E-state index is 13.0. The molecule has 0 amide bonds. The molecule has 5 nitrogen and oxygen atoms in total. The Labute approximate surface area is 177 Å². The van der Waals surface area contributed by atoms with Crippen molar-refractivity contribution < 1.29 is 17.9 Å². The summed E-state index contributed by atoms with van der Waals surface area (Å²) >= 11 is 0. The second-order valence-corrected chi connectivity index (χ2v) is 8.17. The van der Waals surface area contributed by atoms with Gasteiger partial charge in [-0.2, -0.15) is 13.2 Å². The highest BCUT2D eigenvalue weighted by atomic mass is 19.4. The number of guanidine groups is 1. The molecular weight excluding hydrogens is 393 g/mol. The van der Waals surface area contributed by atoms with Gasteiger partial charge >= 0.3 is 6.18 Å². The summed E-state index contributed by atoms with van der Waals surface area (Å²) in [5.74, 6) is 0.790. The highest BCUT2D eigenvalue weighted by Gasteiger charge is 2.41. The molecule has 2 heterocycles. The van der Waals surface area contributed by atoms with E-state index >= 15 is 0 Å². The number of hydrogen-bond acceptors (Lipinski definition) is 3. The number of alkyl halides is 3. The van der Waals surface area contributed by atoms with E-state index in [0.29, 0.717) is 32.7 Å². The van der Waals surface area contributed by atoms with Crippen molar-refractivity contribution in [2.24, 2.45) is 4.99 Å². The van der Waals surface area contributed by atoms with E-state index in [1.165, 1.54) is 17.4 Å². The summed E-state index contributed by atoms with van der Waals surface area (Å²) in [4.78, 5) is 8.55. The summed E-state index contributed by atoms with van der Waals surface area (Å²) in [6.45, 7) is 7.88. The van der Waals surface area contributed by atoms with E-state index in [4.69, 9.17) is 9.73 Å². The average Bonchev–Trinajstić information content (AvgIpc) is 2.77. The molecule has 0 saturated carbocycles. The van der Waals surface area contributed by atoms with Crippen molar-refractivity contribution in [2.75, 3.05) is 52.5 Å². The Morgan fingerprint density at radius 3 is 2.33 bits per heavy atom. The van der Waals surface area contributed by atoms with Crippen LogP contribution in [-0.4, -0.2) is 80.5 Å². The van der Waals surface area contributed by atoms with Crippen LogP contribution in [0, 0.1) is 0 Å². The number of nitrogens with zero attached hydrogens (tertiary/aromatic N) is 3. The first kappa shape index (κ1) is 22.9. The number of ether oxygens (including phenoxy) is 1. The van der Waals surface area contributed by atoms with Crippen molar-refractivity contribution in [1.29, 1.82) is 0 Å². The molecule has 1 atom stereocenters. The van der Waals surface area contributed by atoms with Gasteiger partial charge in [0.2, 0.25) is 0 Å². The third-order valence-corrected chi connectivity index (χ3v) is 6.34. The highest BCUT2D eigenvalue weighted by Crippen LogP contribution is 2.35. The van der Waals surface area contributed by atoms with Gasteiger partial charge in [0, 0.05) is 51.4 Å². The van der Waals surface area contributed by atoms with Crippen LogP contribution in [0.4, 0.5) is 13.2 Å². The molecule has 0 aromatic heterocycles. The van der Waals surface area contributed by atoms with Gasteiger partial charge < -0.3 is 15.0 Å². The van der Waals surface area contributed by atoms with Crippen molar-refractivity contribution in [1.82, 2.24) is 15.1 Å². The Hall–Kier alpha value is -1.80. The van der Waals surface area contributed by atoms with E-state index in [0.717, 1.165) is 38.6 Å². The van der Waals surface area contributed by atoms with E-state index < -0.39 is 12.2 Å². The normalized spacial score (nSPS) is 22.0. The molecule has 0 aliphatic carbocycles. The Kier molecular flexibility index (Phi) is 7.63. The van der Waals surface area contributed by atoms with Crippen LogP contribution < -0.4 is 5.32 Å². The van der Waals surface area contributed by atoms with Crippen molar-refractivity contribution in [3.05, 3.63) is 35.9 Å². The second-order valence-electron chi connectivity index (χ2n) is 8.17. The molecule has 0 radical (unpaired) electrons. The predicted octanol–water partition coefficient (Wildman–Crippen LogP) is 3.27. The smallest absolute Gasteiger partial charge is 0.381 e. The lowest BCUT2D eigenvalue weighted by atomic mass is 9.74. The summed E-state index contributed by atoms with van der Waals surface area (Å²) in [6, 6.07) is 9.04. The molecule has 3 rings (SSSR count). The van der Waals surface area contributed by atoms with Crippen molar-refractivity contribution in [3.8, 4) is 0 Å². The SMILES string of the molecule is CCNC(=NCC1(c2ccccc2)CCOCC1)N1CCN(C(C)C(F)(F)F)CC1. The summed E-state index contributed by atoms with van der Waals surface area (Å²) in [5, 5.41) is 3.34. The summed E-state index contributed by atoms with van der Waals surface area (Å²) < 4.78 is 44.7. The van der Waals surface area contributed by atoms with Crippen LogP contribution in [0.15, 0.2) is 35.3 Å². The number of aliphatic imine (C=N–C) groups is 1. The lowest BCUT2D eigenvalue weighted by molar-refractivity contribution is -0.181. The lowest BCUT2D eigenvalue weighted by Gasteiger charge is -2.40. The average molecular weight is 427 g/mol. The second kappa shape index (κ2) is 10.0. The van der Waals surface area contributed by atoms with Gasteiger partial charge in [-0.15, -0.1) is 0 Å². The van der Waals surface area contributed by atoms with E-state index in [9.17, 15) is 13.2 Å². The van der Waals surface area contributed by atoms with Gasteiger partial charge in [-0.3, -0.25) is 9.89 Å². The third kappa shape index (κ3) is 5.46. The van der Waals surface area contributed by atoms with Crippen LogP contribution >= 0.6 is 0 Å². The van der Waals surface area contributed by atoms with E-state index in [1.54, 1.807) is 0 Å². The minimum absolute atomic E-state index is 0.0627. The van der Waals surface area contributed by atoms with E-state index in [-0.39, 0.29) is 5.41 Å². The molecule has 30 heavy (non-hydrogen) atoms. The van der Waals surface area contributed by atoms with Gasteiger partial charge in [-0.25, -0.2) is 0 Å². The lowest BCUT2D eigenvalue weighted by Crippen LogP contribution is -2.57. The molecule has 2 saturated heterocycles. The molecule has 0 spiro atoms. The van der Waals surface area contributed by atoms with Crippen LogP contribution in [0.1, 0.15) is 32.3 Å². The quantitative estimate of drug-likeness (QED) is 0.580. The summed E-state index contributed by atoms with van der Waals surface area (Å²) in [6.07, 6.45) is -2.36. The van der Waals surface area contributed by atoms with Crippen molar-refractivity contribution >= 4 is 5.96 Å². The van der Waals surface area contributed by atoms with Crippen LogP contribution in [0.2, 0.25) is 0 Å². The van der Waals surface area contributed by atoms with Crippen molar-refractivity contribution in [3.63, 3.8) is 0 Å². The van der Waals surface area contributed by atoms with Gasteiger partial charge in [0.05, 0.1) is 6.54 Å². The minimum atomic E-state index is -4.19. The highest BCUT2D eigenvalue weighted by molar-refractivity contribution is 5.80. The Morgan fingerprint density at radius 1 is 1.13 bits per heavy atom. The maximum atomic E-state index is 13.0. The molecule has 1 aromatic rings. The summed E-state index contributed by atoms with van der Waals surface area (Å²) in [7, 11) is 0. The summed E-state index contributed by atoms with van der Waals surface area (Å²) in [5.41, 5.74) is 1.21. The third-order valence-electron chi connectivity index (χ3n) is 6.34. The number of piperazine rings is 1. The van der Waals surface area contributed by atoms with Crippen molar-refractivity contribution in [2.45, 2.75) is 44.3 Å². The molecule has 1 aromatic carbocycles. The van der Waals surface area contributed by atoms with Crippen LogP contribution in [0.25, 0.3) is 0 Å². The fraction of sp³-hybridized carbons (Fsp3) is 0.682. The molecule has 2 aliphatic heterocycles. The molecule has 2 aliphatic rings. The van der Waals surface area contributed by atoms with Crippen LogP contribution in [-0.2, 0) is 10.2 Å². The Balaban J connectivity index is 1.71. The molecule has 8 heteroatoms. The predicted molar refractivity (Wildman–Crippen MR) is 113 cm³/mol. The van der Waals surface area contributed by atoms with Gasteiger partial charge in [-0.1, -0.05) is 30.3 Å². The first-order valence-electron chi connectivity index (χ1n) is 10.8. The zero-order chi connectivity index (χ0) is 21.6. The van der Waals surface area contributed by atoms with Gasteiger partial charge in [0.25, 0.3) is 0 Å². The number of hydrogen-bond donors (Lipinski definition) is 1. The molecule has 2 fully saturated rings. The topological polar surface area (TPSA) is 40.1 Å². The minimum Gasteiger partial charge on any atom is -0.381 e. The fourth-order valence-electron chi connectivity index (χ4n) is 4.27. The number of rotatable bonds is 5. The monoisotopic (exact) mass is 426 g/mol. The van der Waals surface area contributed by atoms with Gasteiger partial charge in [-0.05, 0) is 32.3 Å². The Morgan fingerprint density at radius 2 is 1.77 bits per heavy atom. The van der Waals surface area contributed by atoms with Gasteiger partial charge in [0.15, 0.2) is 5.96 Å². The number of nitrogens with one attached hydrogen (secondary N) is 1. The van der Waals surface area contributed by atoms with E-state index in [1.807, 2.05) is 13.0 Å². The molecule has 1 N–H and O–H groups in total. The molecule has 1 unspecified atom stereocenters. The first-order chi connectivity index (χ1) is 14.4. The van der Waals surface area contributed by atoms with E-state index in [2.05, 4.69) is 34.5 Å². The van der Waals surface area contributed by atoms with Crippen LogP contribution in [0.5, 0.6) is 0 Å². The number of halogens is 3. The largest absolute Gasteiger partial charge is 0.403 e.